The first-order chi connectivity index (χ1) is 5.43. The van der Waals surface area contributed by atoms with Crippen molar-refractivity contribution in [1.29, 1.82) is 0 Å². The van der Waals surface area contributed by atoms with E-state index in [1.54, 1.807) is 0 Å². The summed E-state index contributed by atoms with van der Waals surface area (Å²) in [7, 11) is 0. The molecule has 1 fully saturated rings. The summed E-state index contributed by atoms with van der Waals surface area (Å²) in [5.41, 5.74) is 0. The van der Waals surface area contributed by atoms with Crippen LogP contribution in [0.15, 0.2) is 0 Å². The Hall–Kier alpha value is -0.120. The van der Waals surface area contributed by atoms with Crippen molar-refractivity contribution in [2.75, 3.05) is 13.2 Å². The molecule has 0 aromatic carbocycles. The SMILES string of the molecule is CCCOOC1CCCCO1. The average Bonchev–Trinajstić information content (AvgIpc) is 2.07. The van der Waals surface area contributed by atoms with Crippen LogP contribution in [-0.2, 0) is 14.5 Å². The van der Waals surface area contributed by atoms with E-state index >= 15 is 0 Å². The molecule has 3 nitrogen and oxygen atoms in total. The van der Waals surface area contributed by atoms with E-state index in [0.29, 0.717) is 6.61 Å². The highest BCUT2D eigenvalue weighted by Gasteiger charge is 2.14. The van der Waals surface area contributed by atoms with Gasteiger partial charge in [0.15, 0.2) is 6.29 Å². The van der Waals surface area contributed by atoms with Crippen molar-refractivity contribution in [1.82, 2.24) is 0 Å². The summed E-state index contributed by atoms with van der Waals surface area (Å²) >= 11 is 0. The van der Waals surface area contributed by atoms with Crippen molar-refractivity contribution in [2.24, 2.45) is 0 Å². The number of hydrogen-bond donors (Lipinski definition) is 0. The van der Waals surface area contributed by atoms with Crippen LogP contribution >= 0.6 is 0 Å². The van der Waals surface area contributed by atoms with Crippen molar-refractivity contribution in [2.45, 2.75) is 38.9 Å². The predicted octanol–water partition coefficient (Wildman–Crippen LogP) is 1.87. The summed E-state index contributed by atoms with van der Waals surface area (Å²) < 4.78 is 5.28. The van der Waals surface area contributed by atoms with Crippen LogP contribution in [0, 0.1) is 0 Å². The van der Waals surface area contributed by atoms with Gasteiger partial charge < -0.3 is 4.74 Å². The number of hydrogen-bond acceptors (Lipinski definition) is 3. The van der Waals surface area contributed by atoms with E-state index < -0.39 is 0 Å². The van der Waals surface area contributed by atoms with Gasteiger partial charge in [0.1, 0.15) is 0 Å². The molecule has 1 aliphatic heterocycles. The van der Waals surface area contributed by atoms with Crippen LogP contribution in [0.3, 0.4) is 0 Å². The van der Waals surface area contributed by atoms with Gasteiger partial charge in [-0.15, -0.1) is 0 Å². The molecule has 0 aromatic heterocycles. The van der Waals surface area contributed by atoms with Gasteiger partial charge in [0.05, 0.1) is 6.61 Å². The molecular weight excluding hydrogens is 144 g/mol. The van der Waals surface area contributed by atoms with Gasteiger partial charge in [0.25, 0.3) is 0 Å². The average molecular weight is 160 g/mol. The molecule has 1 rings (SSSR count). The second-order valence-electron chi connectivity index (χ2n) is 2.71. The minimum atomic E-state index is -0.115. The summed E-state index contributed by atoms with van der Waals surface area (Å²) in [6.45, 7) is 3.51. The second-order valence-corrected chi connectivity index (χ2v) is 2.71. The van der Waals surface area contributed by atoms with Crippen LogP contribution in [0.4, 0.5) is 0 Å². The first-order valence-electron chi connectivity index (χ1n) is 4.33. The van der Waals surface area contributed by atoms with E-state index in [1.165, 1.54) is 6.42 Å². The van der Waals surface area contributed by atoms with Gasteiger partial charge in [-0.1, -0.05) is 6.92 Å². The lowest BCUT2D eigenvalue weighted by molar-refractivity contribution is -0.384. The smallest absolute Gasteiger partial charge is 0.191 e. The van der Waals surface area contributed by atoms with Crippen LogP contribution in [0.1, 0.15) is 32.6 Å². The Morgan fingerprint density at radius 1 is 1.45 bits per heavy atom. The van der Waals surface area contributed by atoms with Crippen LogP contribution in [0.5, 0.6) is 0 Å². The summed E-state index contributed by atoms with van der Waals surface area (Å²) in [5.74, 6) is 0. The topological polar surface area (TPSA) is 27.7 Å². The van der Waals surface area contributed by atoms with E-state index in [-0.39, 0.29) is 6.29 Å². The molecule has 1 atom stereocenters. The zero-order valence-electron chi connectivity index (χ0n) is 7.04. The summed E-state index contributed by atoms with van der Waals surface area (Å²) in [4.78, 5) is 9.90. The zero-order chi connectivity index (χ0) is 7.94. The minimum absolute atomic E-state index is 0.115. The maximum Gasteiger partial charge on any atom is 0.191 e. The molecule has 0 radical (unpaired) electrons. The second kappa shape index (κ2) is 5.52. The Balaban J connectivity index is 1.96. The van der Waals surface area contributed by atoms with Crippen molar-refractivity contribution in [3.63, 3.8) is 0 Å². The maximum atomic E-state index is 5.28. The van der Waals surface area contributed by atoms with Gasteiger partial charge >= 0.3 is 0 Å². The molecule has 0 aromatic rings. The van der Waals surface area contributed by atoms with Crippen LogP contribution < -0.4 is 0 Å². The van der Waals surface area contributed by atoms with E-state index in [2.05, 4.69) is 0 Å². The zero-order valence-corrected chi connectivity index (χ0v) is 7.04. The van der Waals surface area contributed by atoms with Crippen LogP contribution in [-0.4, -0.2) is 19.5 Å². The Bertz CT molecular complexity index is 89.3. The minimum Gasteiger partial charge on any atom is -0.350 e. The van der Waals surface area contributed by atoms with E-state index in [0.717, 1.165) is 25.9 Å². The summed E-state index contributed by atoms with van der Waals surface area (Å²) in [6, 6.07) is 0. The Labute approximate surface area is 67.6 Å². The lowest BCUT2D eigenvalue weighted by Gasteiger charge is -2.20. The Morgan fingerprint density at radius 3 is 3.00 bits per heavy atom. The third-order valence-corrected chi connectivity index (χ3v) is 1.60. The van der Waals surface area contributed by atoms with E-state index in [1.807, 2.05) is 6.92 Å². The highest BCUT2D eigenvalue weighted by molar-refractivity contribution is 4.51. The van der Waals surface area contributed by atoms with Crippen molar-refractivity contribution in [3.8, 4) is 0 Å². The predicted molar refractivity (Wildman–Crippen MR) is 40.9 cm³/mol. The fourth-order valence-corrected chi connectivity index (χ4v) is 0.994. The fraction of sp³-hybridized carbons (Fsp3) is 1.00. The first kappa shape index (κ1) is 8.97. The highest BCUT2D eigenvalue weighted by atomic mass is 17.2. The number of rotatable bonds is 4. The molecule has 0 saturated carbocycles. The molecule has 0 aliphatic carbocycles. The molecule has 0 amide bonds. The van der Waals surface area contributed by atoms with Gasteiger partial charge in [-0.2, -0.15) is 0 Å². The highest BCUT2D eigenvalue weighted by Crippen LogP contribution is 2.13. The third kappa shape index (κ3) is 3.70. The Kier molecular flexibility index (Phi) is 4.50. The molecule has 3 heteroatoms. The lowest BCUT2D eigenvalue weighted by atomic mass is 10.2. The van der Waals surface area contributed by atoms with Gasteiger partial charge in [-0.3, -0.25) is 0 Å². The molecule has 1 unspecified atom stereocenters. The molecule has 1 saturated heterocycles. The lowest BCUT2D eigenvalue weighted by Crippen LogP contribution is -2.22. The molecule has 0 N–H and O–H groups in total. The summed E-state index contributed by atoms with van der Waals surface area (Å²) in [6.07, 6.45) is 4.15. The molecule has 66 valence electrons. The van der Waals surface area contributed by atoms with E-state index in [4.69, 9.17) is 14.5 Å². The quantitative estimate of drug-likeness (QED) is 0.357. The fourth-order valence-electron chi connectivity index (χ4n) is 0.994. The first-order valence-corrected chi connectivity index (χ1v) is 4.33. The third-order valence-electron chi connectivity index (χ3n) is 1.60. The van der Waals surface area contributed by atoms with Crippen LogP contribution in [0.25, 0.3) is 0 Å². The van der Waals surface area contributed by atoms with Gasteiger partial charge in [0, 0.05) is 13.0 Å². The van der Waals surface area contributed by atoms with Gasteiger partial charge in [0.2, 0.25) is 0 Å². The van der Waals surface area contributed by atoms with Crippen LogP contribution in [0.2, 0.25) is 0 Å². The summed E-state index contributed by atoms with van der Waals surface area (Å²) in [5, 5.41) is 0. The monoisotopic (exact) mass is 160 g/mol. The Morgan fingerprint density at radius 2 is 2.36 bits per heavy atom. The number of ether oxygens (including phenoxy) is 1. The van der Waals surface area contributed by atoms with Gasteiger partial charge in [-0.05, 0) is 19.3 Å². The molecule has 1 aliphatic rings. The van der Waals surface area contributed by atoms with Crippen molar-refractivity contribution < 1.29 is 14.5 Å². The molecule has 0 bridgehead atoms. The maximum absolute atomic E-state index is 5.28. The van der Waals surface area contributed by atoms with Crippen molar-refractivity contribution >= 4 is 0 Å². The van der Waals surface area contributed by atoms with Crippen molar-refractivity contribution in [3.05, 3.63) is 0 Å². The molecule has 1 heterocycles. The standard InChI is InChI=1S/C8H16O3/c1-2-6-10-11-8-5-3-4-7-9-8/h8H,2-7H2,1H3. The molecular formula is C8H16O3. The largest absolute Gasteiger partial charge is 0.350 e. The molecule has 0 spiro atoms. The van der Waals surface area contributed by atoms with E-state index in [9.17, 15) is 0 Å². The van der Waals surface area contributed by atoms with Gasteiger partial charge in [-0.25, -0.2) is 9.78 Å². The molecule has 11 heavy (non-hydrogen) atoms. The normalized spacial score (nSPS) is 25.4.